The lowest BCUT2D eigenvalue weighted by Gasteiger charge is -2.03. The normalized spacial score (nSPS) is 15.5. The molecule has 0 rings (SSSR count). The number of nitrogens with zero attached hydrogens (tertiary/aromatic N) is 2. The third-order valence-corrected chi connectivity index (χ3v) is 1.96. The number of hydrogen-bond donors (Lipinski definition) is 2. The van der Waals surface area contributed by atoms with Crippen molar-refractivity contribution >= 4 is 27.9 Å². The molecule has 0 aromatic heterocycles. The maximum absolute atomic E-state index is 5.40. The van der Waals surface area contributed by atoms with Gasteiger partial charge in [-0.3, -0.25) is 9.98 Å². The Morgan fingerprint density at radius 1 is 1.23 bits per heavy atom. The van der Waals surface area contributed by atoms with Crippen LogP contribution in [0.15, 0.2) is 32.4 Å². The maximum atomic E-state index is 5.40. The fraction of sp³-hybridized carbons (Fsp3) is 0.250. The first-order chi connectivity index (χ1) is 6.21. The molecule has 0 aliphatic carbocycles. The molecule has 0 aromatic rings. The minimum atomic E-state index is 0.676. The first-order valence-corrected chi connectivity index (χ1v) is 4.39. The second-order valence-electron chi connectivity index (χ2n) is 2.10. The van der Waals surface area contributed by atoms with E-state index in [1.54, 1.807) is 20.3 Å². The van der Waals surface area contributed by atoms with Crippen molar-refractivity contribution in [1.29, 1.82) is 0 Å². The van der Waals surface area contributed by atoms with Crippen LogP contribution in [0.1, 0.15) is 0 Å². The van der Waals surface area contributed by atoms with E-state index in [0.717, 1.165) is 5.57 Å². The van der Waals surface area contributed by atoms with Crippen LogP contribution in [0, 0.1) is 0 Å². The summed E-state index contributed by atoms with van der Waals surface area (Å²) in [5, 5.41) is 0. The second-order valence-corrected chi connectivity index (χ2v) is 2.95. The Kier molecular flexibility index (Phi) is 5.88. The van der Waals surface area contributed by atoms with Crippen molar-refractivity contribution in [3.8, 4) is 0 Å². The summed E-state index contributed by atoms with van der Waals surface area (Å²) >= 11 is 3.26. The Morgan fingerprint density at radius 3 is 2.15 bits per heavy atom. The van der Waals surface area contributed by atoms with E-state index < -0.39 is 0 Å². The number of allylic oxidation sites excluding steroid dienone is 2. The van der Waals surface area contributed by atoms with Gasteiger partial charge in [-0.05, 0) is 15.9 Å². The van der Waals surface area contributed by atoms with Crippen molar-refractivity contribution in [2.24, 2.45) is 21.5 Å². The lowest BCUT2D eigenvalue weighted by Crippen LogP contribution is -2.08. The van der Waals surface area contributed by atoms with E-state index in [1.807, 2.05) is 0 Å². The maximum Gasteiger partial charge on any atom is 0.0829 e. The van der Waals surface area contributed by atoms with Crippen LogP contribution in [-0.2, 0) is 0 Å². The van der Waals surface area contributed by atoms with Crippen LogP contribution >= 0.6 is 15.9 Å². The smallest absolute Gasteiger partial charge is 0.0829 e. The van der Waals surface area contributed by atoms with Gasteiger partial charge in [-0.1, -0.05) is 0 Å². The fourth-order valence-electron chi connectivity index (χ4n) is 0.775. The highest BCUT2D eigenvalue weighted by atomic mass is 79.9. The summed E-state index contributed by atoms with van der Waals surface area (Å²) in [4.78, 5) is 7.88. The zero-order valence-corrected chi connectivity index (χ0v) is 9.25. The van der Waals surface area contributed by atoms with Crippen LogP contribution < -0.4 is 11.5 Å². The molecule has 13 heavy (non-hydrogen) atoms. The van der Waals surface area contributed by atoms with Crippen molar-refractivity contribution in [3.63, 3.8) is 0 Å². The van der Waals surface area contributed by atoms with Crippen molar-refractivity contribution in [3.05, 3.63) is 22.5 Å². The molecule has 4 N–H and O–H groups in total. The molecule has 0 fully saturated rings. The van der Waals surface area contributed by atoms with Gasteiger partial charge in [0, 0.05) is 38.3 Å². The van der Waals surface area contributed by atoms with E-state index in [1.165, 1.54) is 12.4 Å². The zero-order valence-electron chi connectivity index (χ0n) is 7.66. The summed E-state index contributed by atoms with van der Waals surface area (Å²) in [5.74, 6) is 0. The predicted molar refractivity (Wildman–Crippen MR) is 61.2 cm³/mol. The lowest BCUT2D eigenvalue weighted by atomic mass is 10.2. The van der Waals surface area contributed by atoms with Crippen LogP contribution in [0.5, 0.6) is 0 Å². The SMILES string of the molecule is CN=CC(=CN)C(=NC)C(Br)=CN. The van der Waals surface area contributed by atoms with E-state index in [4.69, 9.17) is 11.5 Å². The molecule has 5 heteroatoms. The number of halogens is 1. The van der Waals surface area contributed by atoms with Crippen LogP contribution in [0.25, 0.3) is 0 Å². The molecule has 0 aliphatic rings. The summed E-state index contributed by atoms with van der Waals surface area (Å²) in [5.41, 5.74) is 12.1. The van der Waals surface area contributed by atoms with Crippen LogP contribution in [0.4, 0.5) is 0 Å². The van der Waals surface area contributed by atoms with E-state index in [2.05, 4.69) is 25.9 Å². The first-order valence-electron chi connectivity index (χ1n) is 3.60. The van der Waals surface area contributed by atoms with Crippen LogP contribution in [-0.4, -0.2) is 26.0 Å². The van der Waals surface area contributed by atoms with E-state index in [-0.39, 0.29) is 0 Å². The first kappa shape index (κ1) is 11.9. The number of hydrogen-bond acceptors (Lipinski definition) is 4. The molecule has 0 aromatic carbocycles. The molecular weight excluding hydrogens is 232 g/mol. The second kappa shape index (κ2) is 6.42. The molecule has 0 saturated heterocycles. The van der Waals surface area contributed by atoms with Gasteiger partial charge in [-0.15, -0.1) is 0 Å². The third kappa shape index (κ3) is 3.42. The molecule has 4 nitrogen and oxygen atoms in total. The molecule has 0 heterocycles. The van der Waals surface area contributed by atoms with Gasteiger partial charge >= 0.3 is 0 Å². The summed E-state index contributed by atoms with van der Waals surface area (Å²) in [6.45, 7) is 0. The predicted octanol–water partition coefficient (Wildman–Crippen LogP) is 0.795. The lowest BCUT2D eigenvalue weighted by molar-refractivity contribution is 1.41. The van der Waals surface area contributed by atoms with Crippen LogP contribution in [0.3, 0.4) is 0 Å². The standard InChI is InChI=1S/C8H13BrN4/c1-12-5-6(3-10)8(13-2)7(9)4-11/h3-5H,10-11H2,1-2H3. The van der Waals surface area contributed by atoms with Gasteiger partial charge in [0.2, 0.25) is 0 Å². The van der Waals surface area contributed by atoms with Gasteiger partial charge < -0.3 is 11.5 Å². The highest BCUT2D eigenvalue weighted by Gasteiger charge is 2.06. The Bertz CT molecular complexity index is 276. The average Bonchev–Trinajstić information content (AvgIpc) is 2.17. The third-order valence-electron chi connectivity index (χ3n) is 1.32. The molecule has 0 unspecified atom stereocenters. The summed E-state index contributed by atoms with van der Waals surface area (Å²) in [6, 6.07) is 0. The van der Waals surface area contributed by atoms with Crippen molar-refractivity contribution in [2.75, 3.05) is 14.1 Å². The van der Waals surface area contributed by atoms with Gasteiger partial charge in [0.25, 0.3) is 0 Å². The van der Waals surface area contributed by atoms with Crippen molar-refractivity contribution in [1.82, 2.24) is 0 Å². The van der Waals surface area contributed by atoms with Gasteiger partial charge in [0.1, 0.15) is 0 Å². The molecular formula is C8H13BrN4. The van der Waals surface area contributed by atoms with E-state index in [9.17, 15) is 0 Å². The van der Waals surface area contributed by atoms with E-state index in [0.29, 0.717) is 10.2 Å². The molecule has 0 atom stereocenters. The molecule has 0 saturated carbocycles. The molecule has 72 valence electrons. The number of nitrogens with two attached hydrogens (primary N) is 2. The Hall–Kier alpha value is -1.10. The van der Waals surface area contributed by atoms with Crippen molar-refractivity contribution < 1.29 is 0 Å². The summed E-state index contributed by atoms with van der Waals surface area (Å²) < 4.78 is 0.687. The molecule has 0 amide bonds. The van der Waals surface area contributed by atoms with Crippen LogP contribution in [0.2, 0.25) is 0 Å². The average molecular weight is 245 g/mol. The van der Waals surface area contributed by atoms with E-state index >= 15 is 0 Å². The van der Waals surface area contributed by atoms with Gasteiger partial charge in [-0.2, -0.15) is 0 Å². The fourth-order valence-corrected chi connectivity index (χ4v) is 1.18. The zero-order chi connectivity index (χ0) is 10.3. The summed E-state index contributed by atoms with van der Waals surface area (Å²) in [6.07, 6.45) is 4.46. The Balaban J connectivity index is 5.00. The minimum Gasteiger partial charge on any atom is -0.404 e. The monoisotopic (exact) mass is 244 g/mol. The Labute approximate surface area is 86.3 Å². The number of rotatable bonds is 3. The van der Waals surface area contributed by atoms with Gasteiger partial charge in [0.15, 0.2) is 0 Å². The molecule has 0 bridgehead atoms. The topological polar surface area (TPSA) is 76.8 Å². The van der Waals surface area contributed by atoms with Crippen molar-refractivity contribution in [2.45, 2.75) is 0 Å². The quantitative estimate of drug-likeness (QED) is 0.721. The summed E-state index contributed by atoms with van der Waals surface area (Å²) in [7, 11) is 3.32. The number of aliphatic imine (C=N–C) groups is 2. The Morgan fingerprint density at radius 2 is 1.85 bits per heavy atom. The highest BCUT2D eigenvalue weighted by Crippen LogP contribution is 2.11. The molecule has 0 radical (unpaired) electrons. The van der Waals surface area contributed by atoms with Gasteiger partial charge in [-0.25, -0.2) is 0 Å². The molecule has 0 spiro atoms. The highest BCUT2D eigenvalue weighted by molar-refractivity contribution is 9.12. The minimum absolute atomic E-state index is 0.676. The van der Waals surface area contributed by atoms with Gasteiger partial charge in [0.05, 0.1) is 10.2 Å². The molecule has 0 aliphatic heterocycles. The largest absolute Gasteiger partial charge is 0.404 e.